The van der Waals surface area contributed by atoms with Crippen molar-refractivity contribution in [3.8, 4) is 0 Å². The average molecular weight is 389 g/mol. The van der Waals surface area contributed by atoms with Crippen molar-refractivity contribution in [2.45, 2.75) is 84.8 Å². The SMILES string of the molecule is CC(=O)O[C@H]1CC[C@@]2(C)C(=CC(=O)[C@H]3[C@H]4CC[C@H](OC(C)=O)[C@@]4(C)CC[C@H]32)C1. The number of allylic oxidation sites excluding steroid dienone is 1. The number of ketones is 1. The maximum atomic E-state index is 13.3. The van der Waals surface area contributed by atoms with E-state index in [4.69, 9.17) is 9.47 Å². The van der Waals surface area contributed by atoms with E-state index >= 15 is 0 Å². The Morgan fingerprint density at radius 3 is 2.36 bits per heavy atom. The van der Waals surface area contributed by atoms with Crippen LogP contribution in [-0.2, 0) is 23.9 Å². The van der Waals surface area contributed by atoms with Crippen LogP contribution in [0.1, 0.15) is 72.6 Å². The third-order valence-corrected chi connectivity index (χ3v) is 8.45. The summed E-state index contributed by atoms with van der Waals surface area (Å²) in [6.07, 6.45) is 8.02. The molecule has 0 heterocycles. The van der Waals surface area contributed by atoms with Gasteiger partial charge in [-0.05, 0) is 61.9 Å². The number of hydrogen-bond donors (Lipinski definition) is 0. The maximum Gasteiger partial charge on any atom is 0.302 e. The van der Waals surface area contributed by atoms with E-state index in [1.54, 1.807) is 0 Å². The average Bonchev–Trinajstić information content (AvgIpc) is 2.92. The second-order valence-electron chi connectivity index (χ2n) is 9.92. The lowest BCUT2D eigenvalue weighted by Crippen LogP contribution is -2.54. The molecule has 3 saturated carbocycles. The summed E-state index contributed by atoms with van der Waals surface area (Å²) in [5.74, 6) is 0.419. The summed E-state index contributed by atoms with van der Waals surface area (Å²) in [7, 11) is 0. The fourth-order valence-electron chi connectivity index (χ4n) is 7.05. The molecule has 4 aliphatic carbocycles. The van der Waals surface area contributed by atoms with Gasteiger partial charge in [0.25, 0.3) is 0 Å². The van der Waals surface area contributed by atoms with Crippen molar-refractivity contribution in [1.29, 1.82) is 0 Å². The van der Waals surface area contributed by atoms with E-state index in [1.807, 2.05) is 6.08 Å². The highest BCUT2D eigenvalue weighted by atomic mass is 16.5. The van der Waals surface area contributed by atoms with Crippen molar-refractivity contribution in [2.75, 3.05) is 0 Å². The highest BCUT2D eigenvalue weighted by Gasteiger charge is 2.61. The molecule has 0 amide bonds. The molecule has 0 N–H and O–H groups in total. The molecule has 0 aromatic heterocycles. The molecule has 0 spiro atoms. The van der Waals surface area contributed by atoms with Gasteiger partial charge in [0.1, 0.15) is 12.2 Å². The second-order valence-corrected chi connectivity index (χ2v) is 9.92. The predicted molar refractivity (Wildman–Crippen MR) is 103 cm³/mol. The van der Waals surface area contributed by atoms with Gasteiger partial charge in [0, 0.05) is 31.6 Å². The first-order valence-electron chi connectivity index (χ1n) is 10.7. The lowest BCUT2D eigenvalue weighted by atomic mass is 9.47. The summed E-state index contributed by atoms with van der Waals surface area (Å²) in [6.45, 7) is 7.46. The Bertz CT molecular complexity index is 739. The van der Waals surface area contributed by atoms with Crippen LogP contribution in [0.25, 0.3) is 0 Å². The van der Waals surface area contributed by atoms with Crippen LogP contribution in [-0.4, -0.2) is 29.9 Å². The Morgan fingerprint density at radius 2 is 1.68 bits per heavy atom. The molecule has 0 aromatic carbocycles. The molecular formula is C23H32O5. The normalized spacial score (nSPS) is 44.6. The topological polar surface area (TPSA) is 69.7 Å². The largest absolute Gasteiger partial charge is 0.462 e. The standard InChI is InChI=1S/C23H32O5/c1-13(24)27-16-7-9-22(3)15(11-16)12-19(26)21-17-5-6-20(28-14(2)25)23(17,4)10-8-18(21)22/h12,16-18,20-21H,5-11H2,1-4H3/t16-,17+,18+,20-,21-,22-,23-/m0/s1. The highest BCUT2D eigenvalue weighted by molar-refractivity contribution is 5.94. The molecule has 4 aliphatic rings. The minimum atomic E-state index is -0.245. The summed E-state index contributed by atoms with van der Waals surface area (Å²) >= 11 is 0. The summed E-state index contributed by atoms with van der Waals surface area (Å²) in [5, 5.41) is 0. The Hall–Kier alpha value is -1.65. The van der Waals surface area contributed by atoms with Gasteiger partial charge >= 0.3 is 11.9 Å². The van der Waals surface area contributed by atoms with Gasteiger partial charge < -0.3 is 9.47 Å². The molecule has 0 unspecified atom stereocenters. The van der Waals surface area contributed by atoms with Crippen LogP contribution in [0.2, 0.25) is 0 Å². The highest BCUT2D eigenvalue weighted by Crippen LogP contribution is 2.64. The summed E-state index contributed by atoms with van der Waals surface area (Å²) in [5.41, 5.74) is 1.09. The third kappa shape index (κ3) is 2.93. The van der Waals surface area contributed by atoms with Gasteiger partial charge in [0.15, 0.2) is 5.78 Å². The van der Waals surface area contributed by atoms with E-state index in [9.17, 15) is 14.4 Å². The maximum absolute atomic E-state index is 13.3. The van der Waals surface area contributed by atoms with Crippen LogP contribution < -0.4 is 0 Å². The van der Waals surface area contributed by atoms with Crippen LogP contribution in [0.5, 0.6) is 0 Å². The predicted octanol–water partition coefficient (Wildman–Crippen LogP) is 3.99. The Morgan fingerprint density at radius 1 is 0.964 bits per heavy atom. The van der Waals surface area contributed by atoms with Gasteiger partial charge in [0.2, 0.25) is 0 Å². The molecule has 0 aliphatic heterocycles. The van der Waals surface area contributed by atoms with Crippen LogP contribution in [0.4, 0.5) is 0 Å². The van der Waals surface area contributed by atoms with Crippen molar-refractivity contribution in [2.24, 2.45) is 28.6 Å². The first kappa shape index (κ1) is 19.7. The zero-order chi connectivity index (χ0) is 20.3. The molecule has 4 rings (SSSR count). The first-order valence-corrected chi connectivity index (χ1v) is 10.7. The quantitative estimate of drug-likeness (QED) is 0.669. The van der Waals surface area contributed by atoms with E-state index in [-0.39, 0.29) is 52.6 Å². The number of fused-ring (bicyclic) bond motifs is 5. The minimum Gasteiger partial charge on any atom is -0.462 e. The van der Waals surface area contributed by atoms with Gasteiger partial charge in [-0.1, -0.05) is 19.4 Å². The van der Waals surface area contributed by atoms with Crippen molar-refractivity contribution in [1.82, 2.24) is 0 Å². The molecule has 0 bridgehead atoms. The second kappa shape index (κ2) is 6.70. The van der Waals surface area contributed by atoms with Crippen molar-refractivity contribution >= 4 is 17.7 Å². The molecular weight excluding hydrogens is 356 g/mol. The third-order valence-electron chi connectivity index (χ3n) is 8.45. The van der Waals surface area contributed by atoms with Crippen LogP contribution in [0.15, 0.2) is 11.6 Å². The molecule has 0 saturated heterocycles. The summed E-state index contributed by atoms with van der Waals surface area (Å²) in [6, 6.07) is 0. The number of esters is 2. The van der Waals surface area contributed by atoms with Gasteiger partial charge in [-0.25, -0.2) is 0 Å². The van der Waals surface area contributed by atoms with E-state index in [0.717, 1.165) is 38.5 Å². The molecule has 3 fully saturated rings. The Labute approximate surface area is 167 Å². The number of ether oxygens (including phenoxy) is 2. The fraction of sp³-hybridized carbons (Fsp3) is 0.783. The van der Waals surface area contributed by atoms with Crippen molar-refractivity contribution in [3.05, 3.63) is 11.6 Å². The number of carbonyl (C=O) groups excluding carboxylic acids is 3. The van der Waals surface area contributed by atoms with Crippen LogP contribution in [0.3, 0.4) is 0 Å². The smallest absolute Gasteiger partial charge is 0.302 e. The molecule has 28 heavy (non-hydrogen) atoms. The Balaban J connectivity index is 1.62. The number of carbonyl (C=O) groups is 3. The van der Waals surface area contributed by atoms with E-state index in [1.165, 1.54) is 19.4 Å². The fourth-order valence-corrected chi connectivity index (χ4v) is 7.05. The van der Waals surface area contributed by atoms with Gasteiger partial charge in [-0.2, -0.15) is 0 Å². The van der Waals surface area contributed by atoms with E-state index < -0.39 is 0 Å². The first-order chi connectivity index (χ1) is 13.1. The molecule has 5 nitrogen and oxygen atoms in total. The van der Waals surface area contributed by atoms with Crippen molar-refractivity contribution in [3.63, 3.8) is 0 Å². The zero-order valence-electron chi connectivity index (χ0n) is 17.5. The van der Waals surface area contributed by atoms with Gasteiger partial charge in [-0.3, -0.25) is 14.4 Å². The van der Waals surface area contributed by atoms with E-state index in [2.05, 4.69) is 13.8 Å². The van der Waals surface area contributed by atoms with E-state index in [0.29, 0.717) is 12.3 Å². The monoisotopic (exact) mass is 388 g/mol. The number of hydrogen-bond acceptors (Lipinski definition) is 5. The molecule has 5 heteroatoms. The van der Waals surface area contributed by atoms with Crippen LogP contribution in [0, 0.1) is 28.6 Å². The lowest BCUT2D eigenvalue weighted by molar-refractivity contribution is -0.158. The minimum absolute atomic E-state index is 0.01000. The van der Waals surface area contributed by atoms with Crippen LogP contribution >= 0.6 is 0 Å². The molecule has 7 atom stereocenters. The molecule has 0 radical (unpaired) electrons. The van der Waals surface area contributed by atoms with Gasteiger partial charge in [-0.15, -0.1) is 0 Å². The molecule has 0 aromatic rings. The summed E-state index contributed by atoms with van der Waals surface area (Å²) in [4.78, 5) is 36.2. The molecule has 154 valence electrons. The van der Waals surface area contributed by atoms with Crippen molar-refractivity contribution < 1.29 is 23.9 Å². The zero-order valence-corrected chi connectivity index (χ0v) is 17.5. The summed E-state index contributed by atoms with van der Waals surface area (Å²) < 4.78 is 11.1. The lowest BCUT2D eigenvalue weighted by Gasteiger charge is -2.56. The van der Waals surface area contributed by atoms with Gasteiger partial charge in [0.05, 0.1) is 0 Å². The Kier molecular flexibility index (Phi) is 4.71. The number of rotatable bonds is 2.